The zero-order valence-electron chi connectivity index (χ0n) is 18.7. The Kier molecular flexibility index (Phi) is 7.12. The maximum atomic E-state index is 14.5. The van der Waals surface area contributed by atoms with Crippen molar-refractivity contribution in [3.05, 3.63) is 53.9 Å². The molecule has 0 heterocycles. The van der Waals surface area contributed by atoms with Crippen molar-refractivity contribution in [1.82, 2.24) is 0 Å². The maximum absolute atomic E-state index is 14.5. The van der Waals surface area contributed by atoms with Gasteiger partial charge in [0.25, 0.3) is 0 Å². The van der Waals surface area contributed by atoms with E-state index in [1.165, 1.54) is 76.9 Å². The standard InChI is InChI=1S/C28H37FO/c1-3-4-5-6-20-7-9-21(10-8-20)22-11-13-23(14-12-22)24-15-17-26-25(19-24)16-18-27(30-2)28(26)29/h3-4,15-23H,5-14H2,1-2H3/b4-3+. The Morgan fingerprint density at radius 2 is 1.63 bits per heavy atom. The van der Waals surface area contributed by atoms with E-state index in [4.69, 9.17) is 4.74 Å². The van der Waals surface area contributed by atoms with Gasteiger partial charge in [-0.2, -0.15) is 0 Å². The first kappa shape index (κ1) is 21.4. The molecule has 2 saturated carbocycles. The fourth-order valence-corrected chi connectivity index (χ4v) is 6.07. The minimum absolute atomic E-state index is 0.244. The summed E-state index contributed by atoms with van der Waals surface area (Å²) in [6.07, 6.45) is 18.3. The molecule has 30 heavy (non-hydrogen) atoms. The lowest BCUT2D eigenvalue weighted by Crippen LogP contribution is -2.25. The van der Waals surface area contributed by atoms with E-state index in [0.717, 1.165) is 23.1 Å². The van der Waals surface area contributed by atoms with Gasteiger partial charge in [-0.1, -0.05) is 49.3 Å². The van der Waals surface area contributed by atoms with Crippen LogP contribution < -0.4 is 4.74 Å². The van der Waals surface area contributed by atoms with Crippen LogP contribution in [0, 0.1) is 23.6 Å². The highest BCUT2D eigenvalue weighted by atomic mass is 19.1. The predicted octanol–water partition coefficient (Wildman–Crippen LogP) is 8.42. The Morgan fingerprint density at radius 3 is 2.30 bits per heavy atom. The summed E-state index contributed by atoms with van der Waals surface area (Å²) >= 11 is 0. The third-order valence-electron chi connectivity index (χ3n) is 7.94. The van der Waals surface area contributed by atoms with Crippen molar-refractivity contribution in [3.8, 4) is 5.75 Å². The van der Waals surface area contributed by atoms with Crippen LogP contribution in [0.25, 0.3) is 10.8 Å². The molecule has 0 aliphatic heterocycles. The Hall–Kier alpha value is -1.83. The van der Waals surface area contributed by atoms with Crippen molar-refractivity contribution >= 4 is 10.8 Å². The van der Waals surface area contributed by atoms with Gasteiger partial charge in [0.1, 0.15) is 0 Å². The van der Waals surface area contributed by atoms with Gasteiger partial charge in [-0.3, -0.25) is 0 Å². The summed E-state index contributed by atoms with van der Waals surface area (Å²) in [5.74, 6) is 3.57. The van der Waals surface area contributed by atoms with Crippen molar-refractivity contribution in [2.75, 3.05) is 7.11 Å². The molecule has 0 bridgehead atoms. The minimum atomic E-state index is -0.244. The fraction of sp³-hybridized carbons (Fsp3) is 0.571. The first-order valence-electron chi connectivity index (χ1n) is 12.1. The van der Waals surface area contributed by atoms with Gasteiger partial charge in [0.15, 0.2) is 11.6 Å². The summed E-state index contributed by atoms with van der Waals surface area (Å²) in [5.41, 5.74) is 1.39. The van der Waals surface area contributed by atoms with Gasteiger partial charge in [0, 0.05) is 5.39 Å². The first-order valence-corrected chi connectivity index (χ1v) is 12.1. The molecule has 0 N–H and O–H groups in total. The molecule has 0 radical (unpaired) electrons. The van der Waals surface area contributed by atoms with E-state index in [0.29, 0.717) is 17.1 Å². The van der Waals surface area contributed by atoms with E-state index in [1.807, 2.05) is 12.1 Å². The molecule has 1 nitrogen and oxygen atoms in total. The Labute approximate surface area is 181 Å². The van der Waals surface area contributed by atoms with E-state index in [9.17, 15) is 4.39 Å². The highest BCUT2D eigenvalue weighted by molar-refractivity contribution is 5.85. The second-order valence-corrected chi connectivity index (χ2v) is 9.60. The number of halogens is 1. The van der Waals surface area contributed by atoms with Gasteiger partial charge in [0.2, 0.25) is 0 Å². The molecular formula is C28H37FO. The SMILES string of the molecule is C/C=C/CCC1CCC(C2CCC(c3ccc4c(F)c(OC)ccc4c3)CC2)CC1. The molecule has 162 valence electrons. The van der Waals surface area contributed by atoms with Gasteiger partial charge in [-0.15, -0.1) is 0 Å². The van der Waals surface area contributed by atoms with Crippen LogP contribution in [0.5, 0.6) is 5.75 Å². The predicted molar refractivity (Wildman–Crippen MR) is 125 cm³/mol. The Balaban J connectivity index is 1.31. The monoisotopic (exact) mass is 408 g/mol. The van der Waals surface area contributed by atoms with Crippen LogP contribution in [0.15, 0.2) is 42.5 Å². The average molecular weight is 409 g/mol. The third-order valence-corrected chi connectivity index (χ3v) is 7.94. The van der Waals surface area contributed by atoms with Gasteiger partial charge in [-0.05, 0) is 99.0 Å². The number of benzene rings is 2. The molecule has 2 fully saturated rings. The van der Waals surface area contributed by atoms with Crippen LogP contribution >= 0.6 is 0 Å². The van der Waals surface area contributed by atoms with Crippen molar-refractivity contribution in [1.29, 1.82) is 0 Å². The zero-order valence-corrected chi connectivity index (χ0v) is 18.7. The molecule has 0 spiro atoms. The van der Waals surface area contributed by atoms with E-state index in [2.05, 4.69) is 31.2 Å². The molecule has 2 aliphatic carbocycles. The topological polar surface area (TPSA) is 9.23 Å². The number of ether oxygens (including phenoxy) is 1. The summed E-state index contributed by atoms with van der Waals surface area (Å²) in [6.45, 7) is 2.13. The quantitative estimate of drug-likeness (QED) is 0.436. The Morgan fingerprint density at radius 1 is 0.933 bits per heavy atom. The Bertz CT molecular complexity index is 854. The smallest absolute Gasteiger partial charge is 0.172 e. The molecule has 0 aromatic heterocycles. The maximum Gasteiger partial charge on any atom is 0.172 e. The second kappa shape index (κ2) is 9.98. The normalized spacial score (nSPS) is 27.6. The van der Waals surface area contributed by atoms with Crippen LogP contribution in [0.3, 0.4) is 0 Å². The zero-order chi connectivity index (χ0) is 20.9. The van der Waals surface area contributed by atoms with Crippen molar-refractivity contribution in [2.24, 2.45) is 17.8 Å². The second-order valence-electron chi connectivity index (χ2n) is 9.60. The summed E-state index contributed by atoms with van der Waals surface area (Å²) in [7, 11) is 1.52. The van der Waals surface area contributed by atoms with Crippen LogP contribution in [0.4, 0.5) is 4.39 Å². The number of hydrogen-bond donors (Lipinski definition) is 0. The molecular weight excluding hydrogens is 371 g/mol. The summed E-state index contributed by atoms with van der Waals surface area (Å²) in [6, 6.07) is 10.0. The van der Waals surface area contributed by atoms with Gasteiger partial charge >= 0.3 is 0 Å². The average Bonchev–Trinajstić information content (AvgIpc) is 2.80. The summed E-state index contributed by atoms with van der Waals surface area (Å²) in [5, 5.41) is 1.65. The van der Waals surface area contributed by atoms with Gasteiger partial charge in [0.05, 0.1) is 7.11 Å². The van der Waals surface area contributed by atoms with Crippen LogP contribution in [0.1, 0.15) is 82.6 Å². The van der Waals surface area contributed by atoms with Gasteiger partial charge < -0.3 is 4.74 Å². The molecule has 0 atom stereocenters. The van der Waals surface area contributed by atoms with Crippen molar-refractivity contribution in [3.63, 3.8) is 0 Å². The number of rotatable bonds is 6. The number of allylic oxidation sites excluding steroid dienone is 2. The molecule has 2 heteroatoms. The van der Waals surface area contributed by atoms with E-state index >= 15 is 0 Å². The molecule has 0 saturated heterocycles. The highest BCUT2D eigenvalue weighted by Gasteiger charge is 2.31. The molecule has 0 amide bonds. The summed E-state index contributed by atoms with van der Waals surface area (Å²) in [4.78, 5) is 0. The first-order chi connectivity index (χ1) is 14.7. The lowest BCUT2D eigenvalue weighted by atomic mass is 9.68. The van der Waals surface area contributed by atoms with Crippen molar-refractivity contribution in [2.45, 2.75) is 77.0 Å². The molecule has 2 aliphatic rings. The fourth-order valence-electron chi connectivity index (χ4n) is 6.07. The third kappa shape index (κ3) is 4.74. The van der Waals surface area contributed by atoms with Crippen LogP contribution in [-0.4, -0.2) is 7.11 Å². The van der Waals surface area contributed by atoms with Crippen molar-refractivity contribution < 1.29 is 9.13 Å². The number of methoxy groups -OCH3 is 1. The molecule has 2 aromatic rings. The van der Waals surface area contributed by atoms with Crippen LogP contribution in [-0.2, 0) is 0 Å². The highest BCUT2D eigenvalue weighted by Crippen LogP contribution is 2.45. The number of hydrogen-bond acceptors (Lipinski definition) is 1. The lowest BCUT2D eigenvalue weighted by Gasteiger charge is -2.38. The van der Waals surface area contributed by atoms with E-state index < -0.39 is 0 Å². The lowest BCUT2D eigenvalue weighted by molar-refractivity contribution is 0.157. The number of fused-ring (bicyclic) bond motifs is 1. The van der Waals surface area contributed by atoms with Crippen LogP contribution in [0.2, 0.25) is 0 Å². The van der Waals surface area contributed by atoms with E-state index in [-0.39, 0.29) is 5.82 Å². The van der Waals surface area contributed by atoms with Gasteiger partial charge in [-0.25, -0.2) is 4.39 Å². The molecule has 4 rings (SSSR count). The molecule has 0 unspecified atom stereocenters. The summed E-state index contributed by atoms with van der Waals surface area (Å²) < 4.78 is 19.6. The van der Waals surface area contributed by atoms with E-state index in [1.54, 1.807) is 6.07 Å². The minimum Gasteiger partial charge on any atom is -0.494 e. The molecule has 2 aromatic carbocycles. The largest absolute Gasteiger partial charge is 0.494 e.